The number of nitrogens with zero attached hydrogens (tertiary/aromatic N) is 2. The van der Waals surface area contributed by atoms with Crippen molar-refractivity contribution in [2.45, 2.75) is 12.8 Å². The number of nitrogens with one attached hydrogen (secondary N) is 1. The fourth-order valence-electron chi connectivity index (χ4n) is 4.97. The molecule has 6 rings (SSSR count). The summed E-state index contributed by atoms with van der Waals surface area (Å²) in [4.78, 5) is 4.45. The first-order valence-corrected chi connectivity index (χ1v) is 12.2. The molecule has 0 saturated heterocycles. The van der Waals surface area contributed by atoms with Gasteiger partial charge < -0.3 is 10.3 Å². The number of rotatable bonds is 4. The van der Waals surface area contributed by atoms with E-state index in [9.17, 15) is 0 Å². The molecular formula is C32H26N4. The second kappa shape index (κ2) is 9.16. The van der Waals surface area contributed by atoms with Crippen LogP contribution in [0.1, 0.15) is 28.8 Å². The van der Waals surface area contributed by atoms with Crippen LogP contribution in [0.15, 0.2) is 114 Å². The average molecular weight is 467 g/mol. The van der Waals surface area contributed by atoms with Gasteiger partial charge in [0.1, 0.15) is 5.84 Å². The van der Waals surface area contributed by atoms with Gasteiger partial charge in [0.15, 0.2) is 5.84 Å². The SMILES string of the molecule is N=C(N=C(N)c1ccc(-c2ccccc2)cc1)c1cccc(-n2c3c(c4ccccc42)C=CCC3)c1. The van der Waals surface area contributed by atoms with Crippen molar-refractivity contribution in [1.82, 2.24) is 4.57 Å². The molecule has 174 valence electrons. The molecule has 0 atom stereocenters. The zero-order valence-electron chi connectivity index (χ0n) is 19.9. The van der Waals surface area contributed by atoms with E-state index in [-0.39, 0.29) is 5.84 Å². The van der Waals surface area contributed by atoms with Gasteiger partial charge >= 0.3 is 0 Å². The largest absolute Gasteiger partial charge is 0.383 e. The minimum atomic E-state index is 0.145. The molecule has 0 saturated carbocycles. The maximum absolute atomic E-state index is 8.67. The van der Waals surface area contributed by atoms with Crippen LogP contribution in [0, 0.1) is 5.41 Å². The van der Waals surface area contributed by atoms with Gasteiger partial charge in [0.05, 0.1) is 5.52 Å². The Morgan fingerprint density at radius 3 is 2.36 bits per heavy atom. The van der Waals surface area contributed by atoms with Crippen molar-refractivity contribution in [2.75, 3.05) is 0 Å². The normalized spacial score (nSPS) is 13.1. The Labute approximate surface area is 210 Å². The number of nitrogens with two attached hydrogens (primary N) is 1. The molecule has 0 spiro atoms. The van der Waals surface area contributed by atoms with Crippen molar-refractivity contribution >= 4 is 28.7 Å². The standard InChI is InChI=1S/C32H26N4/c33-31(24-19-17-23(18-20-24)22-9-2-1-3-10-22)35-32(34)25-11-8-12-26(21-25)36-29-15-6-4-13-27(29)28-14-5-7-16-30(28)36/h1-6,8-15,17-21H,7,16H2,(H3,33,34,35). The predicted octanol–water partition coefficient (Wildman–Crippen LogP) is 6.99. The first-order chi connectivity index (χ1) is 17.7. The smallest absolute Gasteiger partial charge is 0.154 e. The number of para-hydroxylation sites is 1. The minimum Gasteiger partial charge on any atom is -0.383 e. The van der Waals surface area contributed by atoms with E-state index >= 15 is 0 Å². The van der Waals surface area contributed by atoms with E-state index in [1.165, 1.54) is 22.2 Å². The number of aliphatic imine (C=N–C) groups is 1. The molecule has 0 bridgehead atoms. The Hall–Kier alpha value is -4.70. The van der Waals surface area contributed by atoms with Gasteiger partial charge in [-0.25, -0.2) is 4.99 Å². The quantitative estimate of drug-likeness (QED) is 0.218. The summed E-state index contributed by atoms with van der Waals surface area (Å²) in [5.74, 6) is 0.477. The molecule has 0 radical (unpaired) electrons. The number of benzene rings is 4. The third-order valence-electron chi connectivity index (χ3n) is 6.75. The number of aromatic nitrogens is 1. The number of hydrogen-bond donors (Lipinski definition) is 2. The van der Waals surface area contributed by atoms with E-state index in [2.05, 4.69) is 64.2 Å². The predicted molar refractivity (Wildman–Crippen MR) is 150 cm³/mol. The van der Waals surface area contributed by atoms with Crippen molar-refractivity contribution in [3.8, 4) is 16.8 Å². The minimum absolute atomic E-state index is 0.145. The van der Waals surface area contributed by atoms with E-state index in [0.29, 0.717) is 5.84 Å². The summed E-state index contributed by atoms with van der Waals surface area (Å²) in [5, 5.41) is 9.93. The van der Waals surface area contributed by atoms with Crippen molar-refractivity contribution in [1.29, 1.82) is 5.41 Å². The van der Waals surface area contributed by atoms with Gasteiger partial charge in [-0.15, -0.1) is 0 Å². The molecule has 5 aromatic rings. The molecule has 4 aromatic carbocycles. The third-order valence-corrected chi connectivity index (χ3v) is 6.75. The van der Waals surface area contributed by atoms with E-state index in [0.717, 1.165) is 40.8 Å². The van der Waals surface area contributed by atoms with Gasteiger partial charge in [-0.1, -0.05) is 97.1 Å². The summed E-state index contributed by atoms with van der Waals surface area (Å²) >= 11 is 0. The van der Waals surface area contributed by atoms with Crippen LogP contribution in [-0.2, 0) is 6.42 Å². The van der Waals surface area contributed by atoms with E-state index in [1.807, 2.05) is 60.7 Å². The molecule has 4 nitrogen and oxygen atoms in total. The summed E-state index contributed by atoms with van der Waals surface area (Å²) in [6, 6.07) is 34.7. The van der Waals surface area contributed by atoms with Gasteiger partial charge in [0, 0.05) is 33.5 Å². The van der Waals surface area contributed by atoms with Gasteiger partial charge in [-0.3, -0.25) is 5.41 Å². The monoisotopic (exact) mass is 466 g/mol. The topological polar surface area (TPSA) is 67.2 Å². The van der Waals surface area contributed by atoms with Gasteiger partial charge in [0.2, 0.25) is 0 Å². The molecule has 0 amide bonds. The summed E-state index contributed by atoms with van der Waals surface area (Å²) in [5.41, 5.74) is 14.9. The lowest BCUT2D eigenvalue weighted by atomic mass is 10.0. The first-order valence-electron chi connectivity index (χ1n) is 12.2. The lowest BCUT2D eigenvalue weighted by molar-refractivity contribution is 0.888. The molecule has 0 aliphatic heterocycles. The van der Waals surface area contributed by atoms with E-state index < -0.39 is 0 Å². The Balaban J connectivity index is 1.32. The summed E-state index contributed by atoms with van der Waals surface area (Å²) in [7, 11) is 0. The highest BCUT2D eigenvalue weighted by Crippen LogP contribution is 2.34. The Morgan fingerprint density at radius 2 is 1.53 bits per heavy atom. The fraction of sp³-hybridized carbons (Fsp3) is 0.0625. The van der Waals surface area contributed by atoms with E-state index in [1.54, 1.807) is 0 Å². The fourth-order valence-corrected chi connectivity index (χ4v) is 4.97. The Kier molecular flexibility index (Phi) is 5.55. The number of hydrogen-bond acceptors (Lipinski definition) is 1. The molecule has 3 N–H and O–H groups in total. The number of amidine groups is 2. The molecule has 1 aliphatic rings. The van der Waals surface area contributed by atoms with Crippen LogP contribution < -0.4 is 5.73 Å². The molecule has 1 aliphatic carbocycles. The van der Waals surface area contributed by atoms with Gasteiger partial charge in [-0.2, -0.15) is 0 Å². The second-order valence-electron chi connectivity index (χ2n) is 8.99. The lowest BCUT2D eigenvalue weighted by Crippen LogP contribution is -2.16. The van der Waals surface area contributed by atoms with Gasteiger partial charge in [0.25, 0.3) is 0 Å². The van der Waals surface area contributed by atoms with Crippen LogP contribution in [0.5, 0.6) is 0 Å². The highest BCUT2D eigenvalue weighted by Gasteiger charge is 2.18. The zero-order valence-corrected chi connectivity index (χ0v) is 19.9. The van der Waals surface area contributed by atoms with Gasteiger partial charge in [-0.05, 0) is 42.2 Å². The second-order valence-corrected chi connectivity index (χ2v) is 8.99. The van der Waals surface area contributed by atoms with Crippen LogP contribution in [0.4, 0.5) is 0 Å². The molecule has 1 heterocycles. The highest BCUT2D eigenvalue weighted by atomic mass is 15.0. The molecule has 1 aromatic heterocycles. The summed E-state index contributed by atoms with van der Waals surface area (Å²) in [6.45, 7) is 0. The average Bonchev–Trinajstić information content (AvgIpc) is 3.28. The molecule has 0 unspecified atom stereocenters. The number of fused-ring (bicyclic) bond motifs is 3. The van der Waals surface area contributed by atoms with E-state index in [4.69, 9.17) is 11.1 Å². The van der Waals surface area contributed by atoms with Crippen LogP contribution >= 0.6 is 0 Å². The lowest BCUT2D eigenvalue weighted by Gasteiger charge is -2.14. The van der Waals surface area contributed by atoms with Crippen LogP contribution in [0.3, 0.4) is 0 Å². The molecule has 0 fully saturated rings. The first kappa shape index (κ1) is 21.8. The highest BCUT2D eigenvalue weighted by molar-refractivity contribution is 6.10. The molecule has 4 heteroatoms. The maximum atomic E-state index is 8.67. The Bertz CT molecular complexity index is 1640. The third kappa shape index (κ3) is 3.93. The van der Waals surface area contributed by atoms with Crippen molar-refractivity contribution in [3.05, 3.63) is 132 Å². The van der Waals surface area contributed by atoms with Crippen molar-refractivity contribution < 1.29 is 0 Å². The maximum Gasteiger partial charge on any atom is 0.154 e. The number of allylic oxidation sites excluding steroid dienone is 1. The summed E-state index contributed by atoms with van der Waals surface area (Å²) < 4.78 is 2.32. The Morgan fingerprint density at radius 1 is 0.778 bits per heavy atom. The van der Waals surface area contributed by atoms with Crippen LogP contribution in [0.25, 0.3) is 33.8 Å². The zero-order chi connectivity index (χ0) is 24.5. The van der Waals surface area contributed by atoms with Crippen LogP contribution in [-0.4, -0.2) is 16.2 Å². The molecular weight excluding hydrogens is 440 g/mol. The summed E-state index contributed by atoms with van der Waals surface area (Å²) in [6.07, 6.45) is 6.50. The van der Waals surface area contributed by atoms with Crippen molar-refractivity contribution in [2.24, 2.45) is 10.7 Å². The van der Waals surface area contributed by atoms with Crippen LogP contribution in [0.2, 0.25) is 0 Å². The van der Waals surface area contributed by atoms with Crippen molar-refractivity contribution in [3.63, 3.8) is 0 Å². The molecule has 36 heavy (non-hydrogen) atoms.